The SMILES string of the molecule is Cn1cc(C(=O)N[C@@H]2CCN(c3ccc(Cl)c(F)c3)C2)ccc1=O. The second-order valence-corrected chi connectivity index (χ2v) is 6.28. The molecule has 24 heavy (non-hydrogen) atoms. The number of hydrogen-bond acceptors (Lipinski definition) is 3. The second-order valence-electron chi connectivity index (χ2n) is 5.87. The Kier molecular flexibility index (Phi) is 4.57. The van der Waals surface area contributed by atoms with Crippen LogP contribution in [0, 0.1) is 5.82 Å². The molecule has 1 aromatic carbocycles. The third kappa shape index (κ3) is 3.43. The summed E-state index contributed by atoms with van der Waals surface area (Å²) in [6, 6.07) is 7.55. The summed E-state index contributed by atoms with van der Waals surface area (Å²) in [7, 11) is 1.60. The van der Waals surface area contributed by atoms with Gasteiger partial charge in [-0.2, -0.15) is 0 Å². The molecule has 7 heteroatoms. The highest BCUT2D eigenvalue weighted by molar-refractivity contribution is 6.30. The number of nitrogens with one attached hydrogen (secondary N) is 1. The molecule has 1 aliphatic heterocycles. The molecule has 1 fully saturated rings. The smallest absolute Gasteiger partial charge is 0.253 e. The van der Waals surface area contributed by atoms with Gasteiger partial charge in [0.15, 0.2) is 0 Å². The Balaban J connectivity index is 1.65. The molecule has 5 nitrogen and oxygen atoms in total. The van der Waals surface area contributed by atoms with Gasteiger partial charge in [-0.05, 0) is 30.7 Å². The molecule has 0 unspecified atom stereocenters. The molecule has 1 N–H and O–H groups in total. The number of anilines is 1. The molecule has 1 saturated heterocycles. The first-order chi connectivity index (χ1) is 11.4. The fourth-order valence-corrected chi connectivity index (χ4v) is 2.91. The average Bonchev–Trinajstić information content (AvgIpc) is 3.01. The van der Waals surface area contributed by atoms with Crippen LogP contribution < -0.4 is 15.8 Å². The number of rotatable bonds is 3. The molecular weight excluding hydrogens is 333 g/mol. The fourth-order valence-electron chi connectivity index (χ4n) is 2.79. The zero-order chi connectivity index (χ0) is 17.3. The van der Waals surface area contributed by atoms with Crippen molar-refractivity contribution < 1.29 is 9.18 Å². The molecule has 0 radical (unpaired) electrons. The maximum absolute atomic E-state index is 13.6. The highest BCUT2D eigenvalue weighted by Crippen LogP contribution is 2.25. The van der Waals surface area contributed by atoms with Gasteiger partial charge >= 0.3 is 0 Å². The van der Waals surface area contributed by atoms with Crippen LogP contribution in [0.25, 0.3) is 0 Å². The quantitative estimate of drug-likeness (QED) is 0.924. The van der Waals surface area contributed by atoms with Crippen molar-refractivity contribution in [1.29, 1.82) is 0 Å². The number of halogens is 2. The molecule has 2 heterocycles. The Morgan fingerprint density at radius 3 is 2.83 bits per heavy atom. The van der Waals surface area contributed by atoms with Gasteiger partial charge in [-0.3, -0.25) is 9.59 Å². The third-order valence-corrected chi connectivity index (χ3v) is 4.45. The molecule has 1 aliphatic rings. The summed E-state index contributed by atoms with van der Waals surface area (Å²) < 4.78 is 14.9. The molecule has 3 rings (SSSR count). The number of benzene rings is 1. The fraction of sp³-hybridized carbons (Fsp3) is 0.294. The van der Waals surface area contributed by atoms with E-state index in [4.69, 9.17) is 11.6 Å². The minimum absolute atomic E-state index is 0.0338. The highest BCUT2D eigenvalue weighted by atomic mass is 35.5. The molecule has 0 saturated carbocycles. The van der Waals surface area contributed by atoms with Crippen LogP contribution in [0.1, 0.15) is 16.8 Å². The van der Waals surface area contributed by atoms with E-state index < -0.39 is 5.82 Å². The molecular formula is C17H17ClFN3O2. The first kappa shape index (κ1) is 16.5. The summed E-state index contributed by atoms with van der Waals surface area (Å²) >= 11 is 5.70. The molecule has 126 valence electrons. The van der Waals surface area contributed by atoms with E-state index >= 15 is 0 Å². The van der Waals surface area contributed by atoms with Gasteiger partial charge in [0.1, 0.15) is 5.82 Å². The lowest BCUT2D eigenvalue weighted by Crippen LogP contribution is -2.37. The Bertz CT molecular complexity index is 837. The van der Waals surface area contributed by atoms with E-state index in [2.05, 4.69) is 5.32 Å². The normalized spacial score (nSPS) is 17.1. The van der Waals surface area contributed by atoms with Crippen LogP contribution in [0.3, 0.4) is 0 Å². The van der Waals surface area contributed by atoms with Crippen molar-refractivity contribution in [2.45, 2.75) is 12.5 Å². The number of amides is 1. The van der Waals surface area contributed by atoms with E-state index in [0.717, 1.165) is 18.7 Å². The standard InChI is InChI=1S/C17H17ClFN3O2/c1-21-9-11(2-5-16(21)23)17(24)20-12-6-7-22(10-12)13-3-4-14(18)15(19)8-13/h2-5,8-9,12H,6-7,10H2,1H3,(H,20,24)/t12-/m1/s1. The largest absolute Gasteiger partial charge is 0.369 e. The molecule has 0 bridgehead atoms. The van der Waals surface area contributed by atoms with E-state index in [1.165, 1.54) is 35.0 Å². The van der Waals surface area contributed by atoms with Crippen LogP contribution in [-0.4, -0.2) is 29.6 Å². The summed E-state index contributed by atoms with van der Waals surface area (Å²) in [6.45, 7) is 1.32. The average molecular weight is 350 g/mol. The van der Waals surface area contributed by atoms with Gasteiger partial charge in [-0.15, -0.1) is 0 Å². The Morgan fingerprint density at radius 1 is 1.33 bits per heavy atom. The third-order valence-electron chi connectivity index (χ3n) is 4.14. The van der Waals surface area contributed by atoms with Gasteiger partial charge in [-0.25, -0.2) is 4.39 Å². The zero-order valence-electron chi connectivity index (χ0n) is 13.1. The maximum Gasteiger partial charge on any atom is 0.253 e. The summed E-state index contributed by atoms with van der Waals surface area (Å²) in [6.07, 6.45) is 2.28. The van der Waals surface area contributed by atoms with Crippen molar-refractivity contribution in [3.8, 4) is 0 Å². The lowest BCUT2D eigenvalue weighted by Gasteiger charge is -2.19. The van der Waals surface area contributed by atoms with Crippen molar-refractivity contribution in [3.63, 3.8) is 0 Å². The monoisotopic (exact) mass is 349 g/mol. The summed E-state index contributed by atoms with van der Waals surface area (Å²) in [5, 5.41) is 3.05. The first-order valence-corrected chi connectivity index (χ1v) is 7.99. The summed E-state index contributed by atoms with van der Waals surface area (Å²) in [4.78, 5) is 25.7. The van der Waals surface area contributed by atoms with Crippen molar-refractivity contribution in [3.05, 3.63) is 63.3 Å². The van der Waals surface area contributed by atoms with E-state index in [1.807, 2.05) is 4.90 Å². The van der Waals surface area contributed by atoms with Crippen LogP contribution in [0.15, 0.2) is 41.3 Å². The number of pyridine rings is 1. The summed E-state index contributed by atoms with van der Waals surface area (Å²) in [5.41, 5.74) is 1.02. The van der Waals surface area contributed by atoms with Gasteiger partial charge < -0.3 is 14.8 Å². The Morgan fingerprint density at radius 2 is 2.12 bits per heavy atom. The Labute approximate surface area is 143 Å². The number of carbonyl (C=O) groups is 1. The van der Waals surface area contributed by atoms with Gasteiger partial charge in [0, 0.05) is 44.1 Å². The van der Waals surface area contributed by atoms with E-state index in [9.17, 15) is 14.0 Å². The maximum atomic E-state index is 13.6. The summed E-state index contributed by atoms with van der Waals surface area (Å²) in [5.74, 6) is -0.674. The van der Waals surface area contributed by atoms with E-state index in [1.54, 1.807) is 13.1 Å². The molecule has 1 atom stereocenters. The van der Waals surface area contributed by atoms with Crippen molar-refractivity contribution in [2.75, 3.05) is 18.0 Å². The molecule has 2 aromatic rings. The van der Waals surface area contributed by atoms with Crippen LogP contribution in [0.4, 0.5) is 10.1 Å². The van der Waals surface area contributed by atoms with Gasteiger partial charge in [0.25, 0.3) is 5.91 Å². The molecule has 1 aromatic heterocycles. The number of nitrogens with zero attached hydrogens (tertiary/aromatic N) is 2. The lowest BCUT2D eigenvalue weighted by molar-refractivity contribution is 0.0939. The van der Waals surface area contributed by atoms with Crippen molar-refractivity contribution in [2.24, 2.45) is 7.05 Å². The second kappa shape index (κ2) is 6.65. The van der Waals surface area contributed by atoms with E-state index in [0.29, 0.717) is 12.1 Å². The predicted octanol–water partition coefficient (Wildman–Crippen LogP) is 2.19. The zero-order valence-corrected chi connectivity index (χ0v) is 13.9. The number of carbonyl (C=O) groups excluding carboxylic acids is 1. The molecule has 1 amide bonds. The van der Waals surface area contributed by atoms with Crippen molar-refractivity contribution >= 4 is 23.2 Å². The first-order valence-electron chi connectivity index (χ1n) is 7.61. The minimum Gasteiger partial charge on any atom is -0.369 e. The van der Waals surface area contributed by atoms with Gasteiger partial charge in [0.2, 0.25) is 5.56 Å². The number of aryl methyl sites for hydroxylation is 1. The number of hydrogen-bond donors (Lipinski definition) is 1. The van der Waals surface area contributed by atoms with Gasteiger partial charge in [-0.1, -0.05) is 11.6 Å². The predicted molar refractivity (Wildman–Crippen MR) is 91.2 cm³/mol. The van der Waals surface area contributed by atoms with Crippen molar-refractivity contribution in [1.82, 2.24) is 9.88 Å². The highest BCUT2D eigenvalue weighted by Gasteiger charge is 2.25. The lowest BCUT2D eigenvalue weighted by atomic mass is 10.2. The molecule has 0 aliphatic carbocycles. The van der Waals surface area contributed by atoms with E-state index in [-0.39, 0.29) is 22.5 Å². The van der Waals surface area contributed by atoms with Gasteiger partial charge in [0.05, 0.1) is 10.6 Å². The van der Waals surface area contributed by atoms with Crippen LogP contribution in [0.5, 0.6) is 0 Å². The number of aromatic nitrogens is 1. The van der Waals surface area contributed by atoms with Crippen LogP contribution >= 0.6 is 11.6 Å². The van der Waals surface area contributed by atoms with Crippen LogP contribution in [0.2, 0.25) is 5.02 Å². The Hall–Kier alpha value is -2.34. The van der Waals surface area contributed by atoms with Crippen LogP contribution in [-0.2, 0) is 7.05 Å². The molecule has 0 spiro atoms. The minimum atomic E-state index is -0.452. The topological polar surface area (TPSA) is 54.3 Å².